The number of para-hydroxylation sites is 1. The fraction of sp³-hybridized carbons (Fsp3) is 0.684. The van der Waals surface area contributed by atoms with Crippen molar-refractivity contribution in [2.75, 3.05) is 0 Å². The lowest BCUT2D eigenvalue weighted by Gasteiger charge is -2.59. The molecule has 0 spiro atoms. The average Bonchev–Trinajstić information content (AvgIpc) is 2.44. The molecule has 0 atom stereocenters. The highest BCUT2D eigenvalue weighted by molar-refractivity contribution is 5.40. The Bertz CT molecular complexity index is 506. The molecule has 4 bridgehead atoms. The Morgan fingerprint density at radius 2 is 1.57 bits per heavy atom. The van der Waals surface area contributed by atoms with E-state index in [0.29, 0.717) is 11.8 Å². The van der Waals surface area contributed by atoms with E-state index >= 15 is 0 Å². The fourth-order valence-corrected chi connectivity index (χ4v) is 5.50. The molecule has 1 aromatic carbocycles. The summed E-state index contributed by atoms with van der Waals surface area (Å²) in [7, 11) is 0. The van der Waals surface area contributed by atoms with Crippen LogP contribution in [-0.2, 0) is 5.60 Å². The molecule has 0 aliphatic heterocycles. The zero-order chi connectivity index (χ0) is 14.6. The SMILES string of the molecule is CC(C)Oc1ccccc1C1(O)C2CC3CC(C2)CC1C3. The molecule has 2 heteroatoms. The van der Waals surface area contributed by atoms with Crippen molar-refractivity contribution in [1.82, 2.24) is 0 Å². The van der Waals surface area contributed by atoms with Crippen molar-refractivity contribution in [3.63, 3.8) is 0 Å². The average molecular weight is 286 g/mol. The van der Waals surface area contributed by atoms with Crippen molar-refractivity contribution in [2.24, 2.45) is 23.7 Å². The van der Waals surface area contributed by atoms with Crippen LogP contribution in [0, 0.1) is 23.7 Å². The molecule has 4 aliphatic carbocycles. The van der Waals surface area contributed by atoms with Gasteiger partial charge in [-0.25, -0.2) is 0 Å². The van der Waals surface area contributed by atoms with E-state index in [1.54, 1.807) is 0 Å². The van der Waals surface area contributed by atoms with Gasteiger partial charge in [-0.05, 0) is 75.7 Å². The topological polar surface area (TPSA) is 29.5 Å². The third-order valence-electron chi connectivity index (χ3n) is 6.06. The number of hydrogen-bond donors (Lipinski definition) is 1. The molecule has 4 fully saturated rings. The molecule has 0 saturated heterocycles. The van der Waals surface area contributed by atoms with Crippen LogP contribution in [0.3, 0.4) is 0 Å². The van der Waals surface area contributed by atoms with Gasteiger partial charge in [-0.1, -0.05) is 18.2 Å². The third kappa shape index (κ3) is 2.03. The molecule has 4 aliphatic rings. The van der Waals surface area contributed by atoms with Crippen LogP contribution in [0.2, 0.25) is 0 Å². The summed E-state index contributed by atoms with van der Waals surface area (Å²) in [6, 6.07) is 8.19. The van der Waals surface area contributed by atoms with Gasteiger partial charge in [0.25, 0.3) is 0 Å². The molecule has 5 rings (SSSR count). The molecule has 4 saturated carbocycles. The van der Waals surface area contributed by atoms with E-state index in [4.69, 9.17) is 4.74 Å². The van der Waals surface area contributed by atoms with Crippen LogP contribution in [0.15, 0.2) is 24.3 Å². The smallest absolute Gasteiger partial charge is 0.125 e. The van der Waals surface area contributed by atoms with Gasteiger partial charge in [0.05, 0.1) is 11.7 Å². The number of rotatable bonds is 3. The predicted octanol–water partition coefficient (Wildman–Crippen LogP) is 4.12. The first kappa shape index (κ1) is 13.6. The summed E-state index contributed by atoms with van der Waals surface area (Å²) >= 11 is 0. The molecule has 21 heavy (non-hydrogen) atoms. The fourth-order valence-electron chi connectivity index (χ4n) is 5.50. The Morgan fingerprint density at radius 1 is 1.00 bits per heavy atom. The normalized spacial score (nSPS) is 40.8. The van der Waals surface area contributed by atoms with Crippen molar-refractivity contribution < 1.29 is 9.84 Å². The second-order valence-corrected chi connectivity index (χ2v) is 7.79. The molecule has 0 radical (unpaired) electrons. The van der Waals surface area contributed by atoms with Crippen LogP contribution in [0.25, 0.3) is 0 Å². The van der Waals surface area contributed by atoms with E-state index in [1.165, 1.54) is 32.1 Å². The Morgan fingerprint density at radius 3 is 2.14 bits per heavy atom. The summed E-state index contributed by atoms with van der Waals surface area (Å²) in [6.07, 6.45) is 6.39. The molecular formula is C19H26O2. The first-order valence-corrected chi connectivity index (χ1v) is 8.56. The van der Waals surface area contributed by atoms with Crippen LogP contribution in [-0.4, -0.2) is 11.2 Å². The van der Waals surface area contributed by atoms with E-state index in [2.05, 4.69) is 19.9 Å². The predicted molar refractivity (Wildman–Crippen MR) is 83.1 cm³/mol. The molecular weight excluding hydrogens is 260 g/mol. The van der Waals surface area contributed by atoms with Gasteiger partial charge >= 0.3 is 0 Å². The van der Waals surface area contributed by atoms with Gasteiger partial charge in [0.15, 0.2) is 0 Å². The quantitative estimate of drug-likeness (QED) is 0.905. The second kappa shape index (κ2) is 4.74. The Kier molecular flexibility index (Phi) is 3.08. The highest BCUT2D eigenvalue weighted by Gasteiger charge is 2.57. The number of aliphatic hydroxyl groups is 1. The van der Waals surface area contributed by atoms with Crippen LogP contribution in [0.4, 0.5) is 0 Å². The second-order valence-electron chi connectivity index (χ2n) is 7.79. The Balaban J connectivity index is 1.75. The minimum atomic E-state index is -0.654. The largest absolute Gasteiger partial charge is 0.491 e. The zero-order valence-corrected chi connectivity index (χ0v) is 13.1. The molecule has 1 N–H and O–H groups in total. The first-order chi connectivity index (χ1) is 10.1. The van der Waals surface area contributed by atoms with Crippen LogP contribution in [0.1, 0.15) is 51.5 Å². The summed E-state index contributed by atoms with van der Waals surface area (Å²) in [5, 5.41) is 11.7. The van der Waals surface area contributed by atoms with Gasteiger partial charge in [-0.2, -0.15) is 0 Å². The Hall–Kier alpha value is -1.02. The van der Waals surface area contributed by atoms with Crippen LogP contribution >= 0.6 is 0 Å². The maximum Gasteiger partial charge on any atom is 0.125 e. The highest BCUT2D eigenvalue weighted by atomic mass is 16.5. The monoisotopic (exact) mass is 286 g/mol. The maximum absolute atomic E-state index is 11.7. The lowest BCUT2D eigenvalue weighted by molar-refractivity contribution is -0.180. The minimum Gasteiger partial charge on any atom is -0.491 e. The molecule has 114 valence electrons. The van der Waals surface area contributed by atoms with Crippen molar-refractivity contribution >= 4 is 0 Å². The molecule has 0 heterocycles. The van der Waals surface area contributed by atoms with E-state index in [9.17, 15) is 5.11 Å². The van der Waals surface area contributed by atoms with Crippen molar-refractivity contribution in [1.29, 1.82) is 0 Å². The van der Waals surface area contributed by atoms with E-state index in [1.807, 2.05) is 18.2 Å². The molecule has 0 amide bonds. The lowest BCUT2D eigenvalue weighted by atomic mass is 9.48. The Labute approximate surface area is 127 Å². The van der Waals surface area contributed by atoms with Crippen LogP contribution < -0.4 is 4.74 Å². The molecule has 0 aromatic heterocycles. The van der Waals surface area contributed by atoms with Crippen molar-refractivity contribution in [3.8, 4) is 5.75 Å². The number of hydrogen-bond acceptors (Lipinski definition) is 2. The first-order valence-electron chi connectivity index (χ1n) is 8.56. The summed E-state index contributed by atoms with van der Waals surface area (Å²) in [5.41, 5.74) is 0.395. The lowest BCUT2D eigenvalue weighted by Crippen LogP contribution is -2.55. The van der Waals surface area contributed by atoms with Crippen molar-refractivity contribution in [2.45, 2.75) is 57.7 Å². The number of benzene rings is 1. The molecule has 1 aromatic rings. The van der Waals surface area contributed by atoms with E-state index in [-0.39, 0.29) is 6.10 Å². The molecule has 2 nitrogen and oxygen atoms in total. The summed E-state index contributed by atoms with van der Waals surface area (Å²) in [6.45, 7) is 4.11. The van der Waals surface area contributed by atoms with E-state index < -0.39 is 5.60 Å². The van der Waals surface area contributed by atoms with Gasteiger partial charge in [0, 0.05) is 5.56 Å². The van der Waals surface area contributed by atoms with Crippen molar-refractivity contribution in [3.05, 3.63) is 29.8 Å². The summed E-state index contributed by atoms with van der Waals surface area (Å²) < 4.78 is 6.01. The minimum absolute atomic E-state index is 0.145. The van der Waals surface area contributed by atoms with Gasteiger partial charge in [-0.3, -0.25) is 0 Å². The van der Waals surface area contributed by atoms with Gasteiger partial charge in [0.1, 0.15) is 5.75 Å². The van der Waals surface area contributed by atoms with Gasteiger partial charge in [-0.15, -0.1) is 0 Å². The maximum atomic E-state index is 11.7. The summed E-state index contributed by atoms with van der Waals surface area (Å²) in [4.78, 5) is 0. The summed E-state index contributed by atoms with van der Waals surface area (Å²) in [5.74, 6) is 3.50. The molecule has 0 unspecified atom stereocenters. The number of ether oxygens (including phenoxy) is 1. The van der Waals surface area contributed by atoms with E-state index in [0.717, 1.165) is 23.1 Å². The third-order valence-corrected chi connectivity index (χ3v) is 6.06. The van der Waals surface area contributed by atoms with Gasteiger partial charge < -0.3 is 9.84 Å². The standard InChI is InChI=1S/C19H26O2/c1-12(2)21-18-6-4-3-5-17(18)19(20)15-8-13-7-14(10-15)11-16(19)9-13/h3-6,12-16,20H,7-11H2,1-2H3. The highest BCUT2D eigenvalue weighted by Crippen LogP contribution is 2.62. The zero-order valence-electron chi connectivity index (χ0n) is 13.1. The van der Waals surface area contributed by atoms with Crippen LogP contribution in [0.5, 0.6) is 5.75 Å². The van der Waals surface area contributed by atoms with Gasteiger partial charge in [0.2, 0.25) is 0 Å².